The Morgan fingerprint density at radius 3 is 2.21 bits per heavy atom. The average Bonchev–Trinajstić information content (AvgIpc) is 2.82. The minimum atomic E-state index is -4.16. The van der Waals surface area contributed by atoms with Crippen molar-refractivity contribution in [1.82, 2.24) is 0 Å². The van der Waals surface area contributed by atoms with Crippen LogP contribution in [0.2, 0.25) is 0 Å². The molecule has 0 heterocycles. The lowest BCUT2D eigenvalue weighted by Crippen LogP contribution is -2.22. The number of benzene rings is 3. The number of carbonyl (C=O) groups excluding carboxylic acids is 2. The number of rotatable bonds is 5. The zero-order chi connectivity index (χ0) is 23.6. The molecule has 0 radical (unpaired) electrons. The largest absolute Gasteiger partial charge is 0.465 e. The Balaban J connectivity index is 1.74. The molecule has 0 fully saturated rings. The number of hydrogen-bond donors (Lipinski definition) is 1. The van der Waals surface area contributed by atoms with Crippen LogP contribution < -0.4 is 5.32 Å². The second kappa shape index (κ2) is 8.79. The Morgan fingerprint density at radius 2 is 1.58 bits per heavy atom. The number of carbonyl (C=O) groups is 2. The van der Waals surface area contributed by atoms with E-state index in [1.165, 1.54) is 25.3 Å². The van der Waals surface area contributed by atoms with Gasteiger partial charge in [0, 0.05) is 16.8 Å². The van der Waals surface area contributed by atoms with Gasteiger partial charge in [0.2, 0.25) is 5.78 Å². The van der Waals surface area contributed by atoms with Gasteiger partial charge in [-0.2, -0.15) is 12.8 Å². The highest BCUT2D eigenvalue weighted by Gasteiger charge is 2.26. The number of sulfonamides is 1. The van der Waals surface area contributed by atoms with E-state index < -0.39 is 21.8 Å². The maximum atomic E-state index is 13.2. The van der Waals surface area contributed by atoms with Gasteiger partial charge in [-0.05, 0) is 54.6 Å². The summed E-state index contributed by atoms with van der Waals surface area (Å²) in [5.74, 6) is -1.41. The highest BCUT2D eigenvalue weighted by atomic mass is 32.2. The van der Waals surface area contributed by atoms with Crippen LogP contribution in [0.1, 0.15) is 26.3 Å². The lowest BCUT2D eigenvalue weighted by molar-refractivity contribution is 0.0600. The number of ketones is 1. The third-order valence-electron chi connectivity index (χ3n) is 4.89. The number of nitrogens with one attached hydrogen (secondary N) is 1. The normalized spacial score (nSPS) is 14.4. The third-order valence-corrected chi connectivity index (χ3v) is 6.19. The molecule has 0 aromatic heterocycles. The summed E-state index contributed by atoms with van der Waals surface area (Å²) in [4.78, 5) is 24.5. The predicted octanol–water partition coefficient (Wildman–Crippen LogP) is 3.98. The molecule has 166 valence electrons. The van der Waals surface area contributed by atoms with Crippen molar-refractivity contribution in [2.75, 3.05) is 12.4 Å². The van der Waals surface area contributed by atoms with E-state index in [2.05, 4.69) is 14.5 Å². The van der Waals surface area contributed by atoms with Crippen LogP contribution in [0, 0.1) is 5.82 Å². The molecule has 0 saturated heterocycles. The Hall–Kier alpha value is -4.11. The predicted molar refractivity (Wildman–Crippen MR) is 120 cm³/mol. The fourth-order valence-corrected chi connectivity index (χ4v) is 4.25. The van der Waals surface area contributed by atoms with Gasteiger partial charge in [-0.3, -0.25) is 4.79 Å². The average molecular weight is 464 g/mol. The molecular formula is C24H17FN2O5S. The van der Waals surface area contributed by atoms with Gasteiger partial charge in [0.15, 0.2) is 0 Å². The molecule has 7 nitrogen and oxygen atoms in total. The van der Waals surface area contributed by atoms with Crippen molar-refractivity contribution in [3.8, 4) is 0 Å². The molecular weight excluding hydrogens is 447 g/mol. The summed E-state index contributed by atoms with van der Waals surface area (Å²) in [6.45, 7) is 0. The number of methoxy groups -OCH3 is 1. The van der Waals surface area contributed by atoms with Crippen LogP contribution in [0.5, 0.6) is 0 Å². The lowest BCUT2D eigenvalue weighted by atomic mass is 9.92. The van der Waals surface area contributed by atoms with Crippen molar-refractivity contribution in [2.45, 2.75) is 4.90 Å². The van der Waals surface area contributed by atoms with Crippen LogP contribution in [0.25, 0.3) is 0 Å². The lowest BCUT2D eigenvalue weighted by Gasteiger charge is -2.19. The number of allylic oxidation sites excluding steroid dienone is 2. The van der Waals surface area contributed by atoms with Gasteiger partial charge in [-0.25, -0.2) is 9.18 Å². The van der Waals surface area contributed by atoms with Gasteiger partial charge < -0.3 is 10.1 Å². The summed E-state index contributed by atoms with van der Waals surface area (Å²) in [5.41, 5.74) is 1.64. The van der Waals surface area contributed by atoms with Gasteiger partial charge in [0.25, 0.3) is 10.0 Å². The molecule has 1 aliphatic carbocycles. The number of anilines is 1. The van der Waals surface area contributed by atoms with E-state index >= 15 is 0 Å². The SMILES string of the molecule is COC(=O)c1ccc(NC2=C/C(=N/S(=O)(=O)c3ccc(F)cc3)c3ccccc3C2=O)cc1. The van der Waals surface area contributed by atoms with E-state index in [1.54, 1.807) is 36.4 Å². The molecule has 33 heavy (non-hydrogen) atoms. The molecule has 0 spiro atoms. The number of nitrogens with zero attached hydrogens (tertiary/aromatic N) is 1. The summed E-state index contributed by atoms with van der Waals surface area (Å²) in [6, 6.07) is 17.1. The number of fused-ring (bicyclic) bond motifs is 1. The molecule has 0 unspecified atom stereocenters. The molecule has 3 aromatic rings. The Bertz CT molecular complexity index is 1410. The molecule has 0 aliphatic heterocycles. The van der Waals surface area contributed by atoms with E-state index in [4.69, 9.17) is 0 Å². The van der Waals surface area contributed by atoms with Crippen molar-refractivity contribution >= 4 is 33.2 Å². The number of Topliss-reactive ketones (excluding diaryl/α,β-unsaturated/α-hetero) is 1. The fourth-order valence-electron chi connectivity index (χ4n) is 3.25. The second-order valence-corrected chi connectivity index (χ2v) is 8.64. The molecule has 4 rings (SSSR count). The van der Waals surface area contributed by atoms with Crippen LogP contribution in [-0.4, -0.2) is 33.0 Å². The van der Waals surface area contributed by atoms with Crippen molar-refractivity contribution in [2.24, 2.45) is 4.40 Å². The molecule has 1 N–H and O–H groups in total. The quantitative estimate of drug-likeness (QED) is 0.573. The van der Waals surface area contributed by atoms with E-state index in [0.717, 1.165) is 24.3 Å². The first-order chi connectivity index (χ1) is 15.8. The maximum Gasteiger partial charge on any atom is 0.337 e. The number of hydrogen-bond acceptors (Lipinski definition) is 6. The fraction of sp³-hybridized carbons (Fsp3) is 0.0417. The zero-order valence-corrected chi connectivity index (χ0v) is 18.1. The first-order valence-corrected chi connectivity index (χ1v) is 11.1. The highest BCUT2D eigenvalue weighted by Crippen LogP contribution is 2.25. The minimum absolute atomic E-state index is 0.0585. The minimum Gasteiger partial charge on any atom is -0.465 e. The summed E-state index contributed by atoms with van der Waals surface area (Å²) < 4.78 is 47.4. The smallest absolute Gasteiger partial charge is 0.337 e. The van der Waals surface area contributed by atoms with Crippen LogP contribution >= 0.6 is 0 Å². The van der Waals surface area contributed by atoms with Gasteiger partial charge in [-0.15, -0.1) is 0 Å². The first kappa shape index (κ1) is 22.1. The Morgan fingerprint density at radius 1 is 0.939 bits per heavy atom. The molecule has 0 bridgehead atoms. The van der Waals surface area contributed by atoms with Gasteiger partial charge in [0.05, 0.1) is 29.0 Å². The van der Waals surface area contributed by atoms with Crippen LogP contribution in [0.4, 0.5) is 10.1 Å². The summed E-state index contributed by atoms with van der Waals surface area (Å²) in [7, 11) is -2.89. The number of ether oxygens (including phenoxy) is 1. The van der Waals surface area contributed by atoms with Gasteiger partial charge in [0.1, 0.15) is 5.82 Å². The van der Waals surface area contributed by atoms with Crippen molar-refractivity contribution in [3.63, 3.8) is 0 Å². The van der Waals surface area contributed by atoms with Crippen molar-refractivity contribution in [3.05, 3.63) is 107 Å². The summed E-state index contributed by atoms with van der Waals surface area (Å²) in [5, 5.41) is 2.95. The van der Waals surface area contributed by atoms with Crippen molar-refractivity contribution in [1.29, 1.82) is 0 Å². The van der Waals surface area contributed by atoms with E-state index in [1.807, 2.05) is 0 Å². The van der Waals surface area contributed by atoms with E-state index in [0.29, 0.717) is 16.8 Å². The van der Waals surface area contributed by atoms with Gasteiger partial charge >= 0.3 is 5.97 Å². The van der Waals surface area contributed by atoms with Crippen LogP contribution in [0.15, 0.2) is 93.9 Å². The topological polar surface area (TPSA) is 102 Å². The van der Waals surface area contributed by atoms with Gasteiger partial charge in [-0.1, -0.05) is 24.3 Å². The Labute approximate surface area is 189 Å². The molecule has 0 atom stereocenters. The third kappa shape index (κ3) is 4.58. The zero-order valence-electron chi connectivity index (χ0n) is 17.3. The summed E-state index contributed by atoms with van der Waals surface area (Å²) >= 11 is 0. The molecule has 3 aromatic carbocycles. The molecule has 0 amide bonds. The molecule has 9 heteroatoms. The number of halogens is 1. The van der Waals surface area contributed by atoms with Crippen LogP contribution in [-0.2, 0) is 14.8 Å². The summed E-state index contributed by atoms with van der Waals surface area (Å²) in [6.07, 6.45) is 1.35. The monoisotopic (exact) mass is 464 g/mol. The molecule has 1 aliphatic rings. The standard InChI is InChI=1S/C24H17FN2O5S/c1-32-24(29)15-6-10-17(11-7-15)26-22-14-21(19-4-2-3-5-20(19)23(22)28)27-33(30,31)18-12-8-16(25)9-13-18/h2-14,26H,1H3/b27-21-. The molecule has 0 saturated carbocycles. The van der Waals surface area contributed by atoms with Crippen molar-refractivity contribution < 1.29 is 27.1 Å². The number of esters is 1. The highest BCUT2D eigenvalue weighted by molar-refractivity contribution is 7.90. The first-order valence-electron chi connectivity index (χ1n) is 9.70. The van der Waals surface area contributed by atoms with E-state index in [9.17, 15) is 22.4 Å². The van der Waals surface area contributed by atoms with E-state index in [-0.39, 0.29) is 27.7 Å². The van der Waals surface area contributed by atoms with Crippen LogP contribution in [0.3, 0.4) is 0 Å². The maximum absolute atomic E-state index is 13.2. The Kier molecular flexibility index (Phi) is 5.89. The second-order valence-electron chi connectivity index (χ2n) is 7.03.